The lowest BCUT2D eigenvalue weighted by Gasteiger charge is -2.17. The van der Waals surface area contributed by atoms with Gasteiger partial charge in [0.15, 0.2) is 0 Å². The molecule has 0 aliphatic carbocycles. The van der Waals surface area contributed by atoms with Gasteiger partial charge in [-0.1, -0.05) is 32.0 Å². The number of thioether (sulfide) groups is 1. The first-order chi connectivity index (χ1) is 8.36. The lowest BCUT2D eigenvalue weighted by molar-refractivity contribution is 0.303. The van der Waals surface area contributed by atoms with Crippen molar-refractivity contribution in [1.29, 1.82) is 0 Å². The minimum absolute atomic E-state index is 1.08. The molecule has 0 radical (unpaired) electrons. The van der Waals surface area contributed by atoms with E-state index in [1.54, 1.807) is 0 Å². The first-order valence-electron chi connectivity index (χ1n) is 6.47. The third kappa shape index (κ3) is 6.71. The molecule has 0 spiro atoms. The van der Waals surface area contributed by atoms with Crippen LogP contribution in [0.5, 0.6) is 0 Å². The largest absolute Gasteiger partial charge is 0.315 e. The second kappa shape index (κ2) is 9.51. The van der Waals surface area contributed by atoms with E-state index in [0.717, 1.165) is 38.5 Å². The van der Waals surface area contributed by atoms with Crippen molar-refractivity contribution in [2.24, 2.45) is 0 Å². The zero-order valence-electron chi connectivity index (χ0n) is 11.0. The van der Waals surface area contributed by atoms with E-state index < -0.39 is 0 Å². The molecule has 1 rings (SSSR count). The van der Waals surface area contributed by atoms with Crippen LogP contribution in [0.4, 0.5) is 0 Å². The second-order valence-corrected chi connectivity index (χ2v) is 5.11. The molecule has 0 atom stereocenters. The standard InChI is InChI=1S/C14H24N2S/c1-3-16(4-2)12-10-15-11-13-17-14-8-6-5-7-9-14/h5-9,15H,3-4,10-13H2,1-2H3. The van der Waals surface area contributed by atoms with Crippen molar-refractivity contribution < 1.29 is 0 Å². The number of nitrogens with zero attached hydrogens (tertiary/aromatic N) is 1. The average molecular weight is 252 g/mol. The molecule has 3 heteroatoms. The molecule has 0 saturated heterocycles. The highest BCUT2D eigenvalue weighted by Crippen LogP contribution is 2.15. The van der Waals surface area contributed by atoms with Crippen LogP contribution in [-0.4, -0.2) is 43.4 Å². The predicted molar refractivity (Wildman–Crippen MR) is 77.8 cm³/mol. The fraction of sp³-hybridized carbons (Fsp3) is 0.571. The molecular weight excluding hydrogens is 228 g/mol. The highest BCUT2D eigenvalue weighted by atomic mass is 32.2. The van der Waals surface area contributed by atoms with Gasteiger partial charge in [-0.15, -0.1) is 11.8 Å². The molecule has 0 amide bonds. The van der Waals surface area contributed by atoms with Crippen molar-refractivity contribution in [1.82, 2.24) is 10.2 Å². The van der Waals surface area contributed by atoms with E-state index in [1.165, 1.54) is 4.90 Å². The first-order valence-corrected chi connectivity index (χ1v) is 7.46. The fourth-order valence-corrected chi connectivity index (χ4v) is 2.49. The Bertz CT molecular complexity index is 273. The normalized spacial score (nSPS) is 11.0. The Kier molecular flexibility index (Phi) is 8.14. The zero-order chi connectivity index (χ0) is 12.3. The molecule has 0 heterocycles. The van der Waals surface area contributed by atoms with Crippen LogP contribution in [0.15, 0.2) is 35.2 Å². The molecule has 0 aromatic heterocycles. The van der Waals surface area contributed by atoms with Gasteiger partial charge in [0.25, 0.3) is 0 Å². The van der Waals surface area contributed by atoms with Gasteiger partial charge in [-0.05, 0) is 25.2 Å². The van der Waals surface area contributed by atoms with E-state index in [0.29, 0.717) is 0 Å². The Morgan fingerprint density at radius 1 is 1.06 bits per heavy atom. The van der Waals surface area contributed by atoms with Crippen LogP contribution in [0.25, 0.3) is 0 Å². The summed E-state index contributed by atoms with van der Waals surface area (Å²) in [7, 11) is 0. The molecule has 0 aliphatic heterocycles. The first kappa shape index (κ1) is 14.6. The van der Waals surface area contributed by atoms with Crippen molar-refractivity contribution >= 4 is 11.8 Å². The lowest BCUT2D eigenvalue weighted by atomic mass is 10.4. The Balaban J connectivity index is 1.98. The summed E-state index contributed by atoms with van der Waals surface area (Å²) in [5, 5.41) is 3.49. The number of nitrogens with one attached hydrogen (secondary N) is 1. The van der Waals surface area contributed by atoms with Crippen LogP contribution in [0.2, 0.25) is 0 Å². The Hall–Kier alpha value is -0.510. The van der Waals surface area contributed by atoms with Gasteiger partial charge in [0, 0.05) is 30.3 Å². The summed E-state index contributed by atoms with van der Waals surface area (Å²) in [4.78, 5) is 3.80. The van der Waals surface area contributed by atoms with E-state index in [1.807, 2.05) is 11.8 Å². The maximum atomic E-state index is 3.49. The van der Waals surface area contributed by atoms with Gasteiger partial charge in [0.2, 0.25) is 0 Å². The fourth-order valence-electron chi connectivity index (χ4n) is 1.66. The summed E-state index contributed by atoms with van der Waals surface area (Å²) >= 11 is 1.91. The SMILES string of the molecule is CCN(CC)CCNCCSc1ccccc1. The quantitative estimate of drug-likeness (QED) is 0.537. The van der Waals surface area contributed by atoms with Crippen molar-refractivity contribution in [3.63, 3.8) is 0 Å². The molecule has 0 aliphatic rings. The van der Waals surface area contributed by atoms with Gasteiger partial charge >= 0.3 is 0 Å². The van der Waals surface area contributed by atoms with Crippen molar-refractivity contribution in [3.05, 3.63) is 30.3 Å². The van der Waals surface area contributed by atoms with E-state index in [2.05, 4.69) is 54.4 Å². The van der Waals surface area contributed by atoms with Crippen LogP contribution in [-0.2, 0) is 0 Å². The molecule has 0 unspecified atom stereocenters. The summed E-state index contributed by atoms with van der Waals surface area (Å²) in [5.74, 6) is 1.14. The van der Waals surface area contributed by atoms with E-state index in [9.17, 15) is 0 Å². The number of hydrogen-bond acceptors (Lipinski definition) is 3. The van der Waals surface area contributed by atoms with Gasteiger partial charge in [0.05, 0.1) is 0 Å². The van der Waals surface area contributed by atoms with Gasteiger partial charge < -0.3 is 10.2 Å². The van der Waals surface area contributed by atoms with Crippen LogP contribution in [0.1, 0.15) is 13.8 Å². The van der Waals surface area contributed by atoms with Gasteiger partial charge in [-0.25, -0.2) is 0 Å². The molecule has 0 saturated carbocycles. The van der Waals surface area contributed by atoms with Crippen molar-refractivity contribution in [2.45, 2.75) is 18.7 Å². The van der Waals surface area contributed by atoms with Gasteiger partial charge in [0.1, 0.15) is 0 Å². The molecule has 1 N–H and O–H groups in total. The van der Waals surface area contributed by atoms with E-state index in [4.69, 9.17) is 0 Å². The molecule has 17 heavy (non-hydrogen) atoms. The van der Waals surface area contributed by atoms with E-state index in [-0.39, 0.29) is 0 Å². The molecule has 2 nitrogen and oxygen atoms in total. The average Bonchev–Trinajstić information content (AvgIpc) is 2.39. The van der Waals surface area contributed by atoms with Crippen molar-refractivity contribution in [2.75, 3.05) is 38.5 Å². The number of benzene rings is 1. The maximum Gasteiger partial charge on any atom is 0.0107 e. The molecule has 0 fully saturated rings. The second-order valence-electron chi connectivity index (χ2n) is 3.94. The summed E-state index contributed by atoms with van der Waals surface area (Å²) < 4.78 is 0. The summed E-state index contributed by atoms with van der Waals surface area (Å²) in [5.41, 5.74) is 0. The Labute approximate surface area is 110 Å². The molecule has 1 aromatic rings. The van der Waals surface area contributed by atoms with Gasteiger partial charge in [-0.3, -0.25) is 0 Å². The van der Waals surface area contributed by atoms with Crippen LogP contribution in [0.3, 0.4) is 0 Å². The summed E-state index contributed by atoms with van der Waals surface area (Å²) in [6.45, 7) is 10.1. The third-order valence-corrected chi connectivity index (χ3v) is 3.80. The van der Waals surface area contributed by atoms with Gasteiger partial charge in [-0.2, -0.15) is 0 Å². The van der Waals surface area contributed by atoms with Crippen LogP contribution >= 0.6 is 11.8 Å². The minimum Gasteiger partial charge on any atom is -0.315 e. The molecule has 1 aromatic carbocycles. The Morgan fingerprint density at radius 2 is 1.76 bits per heavy atom. The lowest BCUT2D eigenvalue weighted by Crippen LogP contribution is -2.32. The number of hydrogen-bond donors (Lipinski definition) is 1. The summed E-state index contributed by atoms with van der Waals surface area (Å²) in [6, 6.07) is 10.6. The molecular formula is C14H24N2S. The topological polar surface area (TPSA) is 15.3 Å². The highest BCUT2D eigenvalue weighted by molar-refractivity contribution is 7.99. The van der Waals surface area contributed by atoms with Crippen molar-refractivity contribution in [3.8, 4) is 0 Å². The third-order valence-electron chi connectivity index (χ3n) is 2.79. The smallest absolute Gasteiger partial charge is 0.0107 e. The predicted octanol–water partition coefficient (Wildman–Crippen LogP) is 2.71. The molecule has 0 bridgehead atoms. The zero-order valence-corrected chi connectivity index (χ0v) is 11.8. The number of likely N-dealkylation sites (N-methyl/N-ethyl adjacent to an activating group) is 1. The van der Waals surface area contributed by atoms with Crippen LogP contribution in [0, 0.1) is 0 Å². The Morgan fingerprint density at radius 3 is 2.41 bits per heavy atom. The maximum absolute atomic E-state index is 3.49. The van der Waals surface area contributed by atoms with E-state index >= 15 is 0 Å². The summed E-state index contributed by atoms with van der Waals surface area (Å²) in [6.07, 6.45) is 0. The van der Waals surface area contributed by atoms with Crippen LogP contribution < -0.4 is 5.32 Å². The highest BCUT2D eigenvalue weighted by Gasteiger charge is 1.97. The monoisotopic (exact) mass is 252 g/mol. The number of rotatable bonds is 9. The molecule has 96 valence electrons. The minimum atomic E-state index is 1.08.